The fourth-order valence-electron chi connectivity index (χ4n) is 3.95. The molecule has 2 amide bonds. The molecule has 1 aliphatic heterocycles. The van der Waals surface area contributed by atoms with E-state index in [-0.39, 0.29) is 11.5 Å². The van der Waals surface area contributed by atoms with Gasteiger partial charge >= 0.3 is 0 Å². The molecule has 166 valence electrons. The molecule has 3 aromatic rings. The highest BCUT2D eigenvalue weighted by Crippen LogP contribution is 2.37. The van der Waals surface area contributed by atoms with Gasteiger partial charge in [0.05, 0.1) is 30.0 Å². The Balaban J connectivity index is 1.85. The minimum atomic E-state index is -0.600. The van der Waals surface area contributed by atoms with Crippen LogP contribution in [0.15, 0.2) is 36.5 Å². The number of primary amides is 1. The summed E-state index contributed by atoms with van der Waals surface area (Å²) in [7, 11) is 3.32. The van der Waals surface area contributed by atoms with Gasteiger partial charge in [0.25, 0.3) is 11.8 Å². The van der Waals surface area contributed by atoms with Gasteiger partial charge in [0.2, 0.25) is 0 Å². The second kappa shape index (κ2) is 8.84. The number of aryl methyl sites for hydroxylation is 1. The van der Waals surface area contributed by atoms with E-state index in [0.717, 1.165) is 29.0 Å². The van der Waals surface area contributed by atoms with Crippen LogP contribution in [0.5, 0.6) is 5.75 Å². The average molecular weight is 434 g/mol. The van der Waals surface area contributed by atoms with Crippen LogP contribution in [-0.2, 0) is 11.2 Å². The summed E-state index contributed by atoms with van der Waals surface area (Å²) in [5.41, 5.74) is 10.4. The number of pyridine rings is 1. The quantitative estimate of drug-likeness (QED) is 0.592. The molecule has 3 N–H and O–H groups in total. The summed E-state index contributed by atoms with van der Waals surface area (Å²) in [5, 5.41) is 4.04. The van der Waals surface area contributed by atoms with Crippen molar-refractivity contribution in [3.63, 3.8) is 0 Å². The Labute approximate surface area is 186 Å². The molecule has 4 rings (SSSR count). The summed E-state index contributed by atoms with van der Waals surface area (Å²) in [5.74, 6) is 0.0783. The van der Waals surface area contributed by atoms with Crippen LogP contribution in [0.4, 0.5) is 11.4 Å². The van der Waals surface area contributed by atoms with E-state index in [1.807, 2.05) is 31.2 Å². The maximum absolute atomic E-state index is 13.0. The Morgan fingerprint density at radius 3 is 2.88 bits per heavy atom. The number of carbonyl (C=O) groups excluding carboxylic acids is 2. The summed E-state index contributed by atoms with van der Waals surface area (Å²) >= 11 is 0. The minimum absolute atomic E-state index is 0.142. The zero-order valence-corrected chi connectivity index (χ0v) is 18.4. The molecule has 32 heavy (non-hydrogen) atoms. The average Bonchev–Trinajstić information content (AvgIpc) is 3.27. The Bertz CT molecular complexity index is 1210. The van der Waals surface area contributed by atoms with Gasteiger partial charge in [0.1, 0.15) is 5.75 Å². The third kappa shape index (κ3) is 3.97. The number of likely N-dealkylation sites (N-methyl/N-ethyl adjacent to an activating group) is 1. The van der Waals surface area contributed by atoms with Gasteiger partial charge in [-0.15, -0.1) is 0 Å². The molecule has 0 bridgehead atoms. The van der Waals surface area contributed by atoms with Crippen LogP contribution in [0.25, 0.3) is 10.9 Å². The van der Waals surface area contributed by atoms with E-state index in [2.05, 4.69) is 10.3 Å². The monoisotopic (exact) mass is 434 g/mol. The van der Waals surface area contributed by atoms with E-state index >= 15 is 0 Å². The highest BCUT2D eigenvalue weighted by molar-refractivity contribution is 6.10. The molecule has 0 spiro atoms. The summed E-state index contributed by atoms with van der Waals surface area (Å²) in [4.78, 5) is 31.3. The molecule has 0 saturated carbocycles. The van der Waals surface area contributed by atoms with Gasteiger partial charge in [-0.25, -0.2) is 0 Å². The lowest BCUT2D eigenvalue weighted by molar-refractivity contribution is 0.0744. The molecule has 1 aliphatic rings. The molecule has 2 heterocycles. The molecule has 0 saturated heterocycles. The lowest BCUT2D eigenvalue weighted by atomic mass is 10.0. The third-order valence-electron chi connectivity index (χ3n) is 5.65. The number of anilines is 2. The number of ether oxygens (including phenoxy) is 2. The minimum Gasteiger partial charge on any atom is -0.493 e. The Hall–Kier alpha value is -3.65. The van der Waals surface area contributed by atoms with Gasteiger partial charge in [-0.3, -0.25) is 14.6 Å². The number of benzene rings is 2. The van der Waals surface area contributed by atoms with Gasteiger partial charge in [-0.05, 0) is 36.8 Å². The number of methoxy groups -OCH3 is 1. The van der Waals surface area contributed by atoms with Crippen molar-refractivity contribution in [2.45, 2.75) is 13.3 Å². The number of nitrogens with two attached hydrogens (primary N) is 1. The number of hydrogen-bond acceptors (Lipinski definition) is 6. The Morgan fingerprint density at radius 1 is 1.31 bits per heavy atom. The fraction of sp³-hybridized carbons (Fsp3) is 0.292. The summed E-state index contributed by atoms with van der Waals surface area (Å²) in [6, 6.07) is 9.32. The Kier molecular flexibility index (Phi) is 5.96. The van der Waals surface area contributed by atoms with Crippen LogP contribution < -0.4 is 15.8 Å². The Morgan fingerprint density at radius 2 is 2.12 bits per heavy atom. The summed E-state index contributed by atoms with van der Waals surface area (Å²) in [6.45, 7) is 3.41. The molecular weight excluding hydrogens is 408 g/mol. The van der Waals surface area contributed by atoms with Gasteiger partial charge < -0.3 is 25.4 Å². The standard InChI is InChI=1S/C24H26N4O4/c1-14-11-15(24(30)28(2)8-10-31-3)12-17-21(14)26-13-18(23(25)29)22(17)27-19-5-4-6-20-16(19)7-9-32-20/h4-6,11-13H,7-10H2,1-3H3,(H2,25,29)(H,26,27). The first-order chi connectivity index (χ1) is 15.4. The first kappa shape index (κ1) is 21.6. The zero-order valence-electron chi connectivity index (χ0n) is 18.4. The van der Waals surface area contributed by atoms with Gasteiger partial charge in [-0.1, -0.05) is 6.07 Å². The third-order valence-corrected chi connectivity index (χ3v) is 5.65. The lowest BCUT2D eigenvalue weighted by Gasteiger charge is -2.19. The lowest BCUT2D eigenvalue weighted by Crippen LogP contribution is -2.30. The zero-order chi connectivity index (χ0) is 22.8. The van der Waals surface area contributed by atoms with Crippen molar-refractivity contribution in [1.29, 1.82) is 0 Å². The smallest absolute Gasteiger partial charge is 0.253 e. The largest absolute Gasteiger partial charge is 0.493 e. The van der Waals surface area contributed by atoms with E-state index in [0.29, 0.717) is 41.9 Å². The van der Waals surface area contributed by atoms with Crippen molar-refractivity contribution >= 4 is 34.1 Å². The second-order valence-corrected chi connectivity index (χ2v) is 7.83. The van der Waals surface area contributed by atoms with Crippen LogP contribution in [0.1, 0.15) is 31.8 Å². The number of amides is 2. The molecule has 0 fully saturated rings. The van der Waals surface area contributed by atoms with Crippen LogP contribution in [0.3, 0.4) is 0 Å². The van der Waals surface area contributed by atoms with E-state index in [1.165, 1.54) is 6.20 Å². The molecule has 2 aromatic carbocycles. The van der Waals surface area contributed by atoms with Crippen molar-refractivity contribution in [1.82, 2.24) is 9.88 Å². The molecule has 0 atom stereocenters. The van der Waals surface area contributed by atoms with Crippen molar-refractivity contribution in [2.75, 3.05) is 39.2 Å². The molecule has 0 radical (unpaired) electrons. The normalized spacial score (nSPS) is 12.3. The van der Waals surface area contributed by atoms with Gasteiger partial charge in [0.15, 0.2) is 0 Å². The van der Waals surface area contributed by atoms with Crippen LogP contribution in [0.2, 0.25) is 0 Å². The maximum Gasteiger partial charge on any atom is 0.253 e. The van der Waals surface area contributed by atoms with E-state index in [4.69, 9.17) is 15.2 Å². The molecule has 8 heteroatoms. The number of nitrogens with one attached hydrogen (secondary N) is 1. The molecular formula is C24H26N4O4. The van der Waals surface area contributed by atoms with Crippen molar-refractivity contribution in [2.24, 2.45) is 5.73 Å². The van der Waals surface area contributed by atoms with Crippen LogP contribution in [0, 0.1) is 6.92 Å². The first-order valence-electron chi connectivity index (χ1n) is 10.4. The number of hydrogen-bond donors (Lipinski definition) is 2. The summed E-state index contributed by atoms with van der Waals surface area (Å²) < 4.78 is 10.7. The molecule has 1 aromatic heterocycles. The van der Waals surface area contributed by atoms with Crippen molar-refractivity contribution in [3.05, 3.63) is 58.8 Å². The van der Waals surface area contributed by atoms with E-state index in [9.17, 15) is 9.59 Å². The SMILES string of the molecule is COCCN(C)C(=O)c1cc(C)c2ncc(C(N)=O)c(Nc3cccc4c3CCO4)c2c1. The molecule has 8 nitrogen and oxygen atoms in total. The van der Waals surface area contributed by atoms with E-state index < -0.39 is 5.91 Å². The molecule has 0 aliphatic carbocycles. The fourth-order valence-corrected chi connectivity index (χ4v) is 3.95. The van der Waals surface area contributed by atoms with Crippen molar-refractivity contribution < 1.29 is 19.1 Å². The first-order valence-corrected chi connectivity index (χ1v) is 10.4. The number of aromatic nitrogens is 1. The van der Waals surface area contributed by atoms with Gasteiger partial charge in [-0.2, -0.15) is 0 Å². The summed E-state index contributed by atoms with van der Waals surface area (Å²) in [6.07, 6.45) is 2.24. The van der Waals surface area contributed by atoms with Crippen LogP contribution in [-0.4, -0.2) is 55.6 Å². The van der Waals surface area contributed by atoms with Crippen LogP contribution >= 0.6 is 0 Å². The highest BCUT2D eigenvalue weighted by Gasteiger charge is 2.21. The maximum atomic E-state index is 13.0. The number of nitrogens with zero attached hydrogens (tertiary/aromatic N) is 2. The number of rotatable bonds is 7. The molecule has 0 unspecified atom stereocenters. The van der Waals surface area contributed by atoms with Gasteiger partial charge in [0, 0.05) is 55.5 Å². The second-order valence-electron chi connectivity index (χ2n) is 7.83. The van der Waals surface area contributed by atoms with Crippen molar-refractivity contribution in [3.8, 4) is 5.75 Å². The van der Waals surface area contributed by atoms with E-state index in [1.54, 1.807) is 25.1 Å². The predicted octanol–water partition coefficient (Wildman–Crippen LogP) is 3.04. The predicted molar refractivity (Wildman–Crippen MR) is 123 cm³/mol. The number of fused-ring (bicyclic) bond motifs is 2. The number of carbonyl (C=O) groups is 2. The topological polar surface area (TPSA) is 107 Å². The highest BCUT2D eigenvalue weighted by atomic mass is 16.5.